The third-order valence-electron chi connectivity index (χ3n) is 4.76. The smallest absolute Gasteiger partial charge is 0.272 e. The molecule has 138 valence electrons. The molecule has 3 aromatic rings. The van der Waals surface area contributed by atoms with Gasteiger partial charge in [0.15, 0.2) is 11.5 Å². The van der Waals surface area contributed by atoms with E-state index in [2.05, 4.69) is 10.2 Å². The summed E-state index contributed by atoms with van der Waals surface area (Å²) in [5, 5.41) is 27.3. The molecule has 3 N–H and O–H groups in total. The van der Waals surface area contributed by atoms with Gasteiger partial charge in [-0.3, -0.25) is 9.89 Å². The number of H-pyrrole nitrogens is 1. The summed E-state index contributed by atoms with van der Waals surface area (Å²) in [4.78, 5) is 14.3. The molecule has 7 nitrogen and oxygen atoms in total. The van der Waals surface area contributed by atoms with Crippen LogP contribution in [0.5, 0.6) is 17.2 Å². The lowest BCUT2D eigenvalue weighted by Gasteiger charge is -2.22. The van der Waals surface area contributed by atoms with E-state index in [4.69, 9.17) is 4.74 Å². The van der Waals surface area contributed by atoms with E-state index in [0.29, 0.717) is 34.9 Å². The van der Waals surface area contributed by atoms with Crippen molar-refractivity contribution in [3.8, 4) is 28.5 Å². The monoisotopic (exact) mass is 365 g/mol. The number of aromatic nitrogens is 2. The lowest BCUT2D eigenvalue weighted by molar-refractivity contribution is 0.0787. The van der Waals surface area contributed by atoms with Gasteiger partial charge < -0.3 is 19.8 Å². The zero-order chi connectivity index (χ0) is 19.1. The molecule has 0 saturated heterocycles. The van der Waals surface area contributed by atoms with E-state index in [0.717, 1.165) is 5.56 Å². The van der Waals surface area contributed by atoms with Gasteiger partial charge in [-0.1, -0.05) is 18.2 Å². The third-order valence-corrected chi connectivity index (χ3v) is 4.76. The van der Waals surface area contributed by atoms with E-state index < -0.39 is 6.04 Å². The van der Waals surface area contributed by atoms with Crippen LogP contribution in [-0.4, -0.2) is 44.9 Å². The fourth-order valence-electron chi connectivity index (χ4n) is 3.51. The minimum atomic E-state index is -0.416. The Morgan fingerprint density at radius 1 is 1.19 bits per heavy atom. The highest BCUT2D eigenvalue weighted by Crippen LogP contribution is 2.44. The van der Waals surface area contributed by atoms with Gasteiger partial charge in [-0.15, -0.1) is 0 Å². The standard InChI is InChI=1S/C20H19N3O4/c1-3-27-15-10-11(8-9-14(15)25)19-16-17(12-6-4-5-7-13(12)24)21-22-18(16)20(26)23(19)2/h4-10,19,24-25H,3H2,1-2H3,(H,21,22). The van der Waals surface area contributed by atoms with E-state index in [1.807, 2.05) is 6.92 Å². The Balaban J connectivity index is 1.89. The van der Waals surface area contributed by atoms with Crippen LogP contribution in [0.4, 0.5) is 0 Å². The minimum Gasteiger partial charge on any atom is -0.507 e. The molecule has 2 aromatic carbocycles. The van der Waals surface area contributed by atoms with Crippen molar-refractivity contribution in [2.75, 3.05) is 13.7 Å². The van der Waals surface area contributed by atoms with Crippen LogP contribution in [0.1, 0.15) is 34.6 Å². The Bertz CT molecular complexity index is 1030. The summed E-state index contributed by atoms with van der Waals surface area (Å²) in [6, 6.07) is 11.5. The van der Waals surface area contributed by atoms with Gasteiger partial charge in [0.25, 0.3) is 5.91 Å². The number of phenols is 2. The summed E-state index contributed by atoms with van der Waals surface area (Å²) in [5.74, 6) is 0.307. The number of nitrogens with zero attached hydrogens (tertiary/aromatic N) is 2. The molecule has 1 aliphatic rings. The molecule has 0 radical (unpaired) electrons. The number of aromatic hydroxyl groups is 2. The molecule has 1 amide bonds. The summed E-state index contributed by atoms with van der Waals surface area (Å²) in [5.41, 5.74) is 2.94. The summed E-state index contributed by atoms with van der Waals surface area (Å²) in [6.07, 6.45) is 0. The fraction of sp³-hybridized carbons (Fsp3) is 0.200. The molecule has 0 spiro atoms. The summed E-state index contributed by atoms with van der Waals surface area (Å²) in [6.45, 7) is 2.25. The third kappa shape index (κ3) is 2.59. The Morgan fingerprint density at radius 2 is 1.96 bits per heavy atom. The summed E-state index contributed by atoms with van der Waals surface area (Å²) < 4.78 is 5.49. The maximum Gasteiger partial charge on any atom is 0.272 e. The number of carbonyl (C=O) groups is 1. The van der Waals surface area contributed by atoms with Crippen LogP contribution in [0.25, 0.3) is 11.3 Å². The van der Waals surface area contributed by atoms with Gasteiger partial charge in [0, 0.05) is 18.2 Å². The van der Waals surface area contributed by atoms with Crippen molar-refractivity contribution < 1.29 is 19.7 Å². The maximum absolute atomic E-state index is 12.7. The van der Waals surface area contributed by atoms with Gasteiger partial charge in [0.1, 0.15) is 17.1 Å². The number of ether oxygens (including phenoxy) is 1. The van der Waals surface area contributed by atoms with Crippen LogP contribution in [-0.2, 0) is 0 Å². The normalized spacial score (nSPS) is 15.9. The molecule has 2 heterocycles. The average Bonchev–Trinajstić information content (AvgIpc) is 3.18. The molecule has 27 heavy (non-hydrogen) atoms. The Labute approximate surface area is 155 Å². The van der Waals surface area contributed by atoms with Gasteiger partial charge in [-0.2, -0.15) is 5.10 Å². The van der Waals surface area contributed by atoms with Crippen molar-refractivity contribution >= 4 is 5.91 Å². The van der Waals surface area contributed by atoms with Crippen LogP contribution in [0.15, 0.2) is 42.5 Å². The largest absolute Gasteiger partial charge is 0.507 e. The quantitative estimate of drug-likeness (QED) is 0.660. The van der Waals surface area contributed by atoms with Crippen molar-refractivity contribution in [1.29, 1.82) is 0 Å². The van der Waals surface area contributed by atoms with Crippen LogP contribution >= 0.6 is 0 Å². The molecular weight excluding hydrogens is 346 g/mol. The molecule has 1 aliphatic heterocycles. The molecule has 0 bridgehead atoms. The van der Waals surface area contributed by atoms with Gasteiger partial charge in [0.2, 0.25) is 0 Å². The fourth-order valence-corrected chi connectivity index (χ4v) is 3.51. The number of nitrogens with one attached hydrogen (secondary N) is 1. The lowest BCUT2D eigenvalue weighted by Crippen LogP contribution is -2.24. The number of fused-ring (bicyclic) bond motifs is 1. The van der Waals surface area contributed by atoms with Gasteiger partial charge in [-0.05, 0) is 36.8 Å². The van der Waals surface area contributed by atoms with Crippen molar-refractivity contribution in [3.63, 3.8) is 0 Å². The van der Waals surface area contributed by atoms with E-state index in [-0.39, 0.29) is 17.4 Å². The highest BCUT2D eigenvalue weighted by Gasteiger charge is 2.40. The number of benzene rings is 2. The predicted octanol–water partition coefficient (Wildman–Crippen LogP) is 3.06. The summed E-state index contributed by atoms with van der Waals surface area (Å²) >= 11 is 0. The van der Waals surface area contributed by atoms with Crippen LogP contribution in [0, 0.1) is 0 Å². The predicted molar refractivity (Wildman–Crippen MR) is 98.9 cm³/mol. The highest BCUT2D eigenvalue weighted by atomic mass is 16.5. The second-order valence-corrected chi connectivity index (χ2v) is 6.36. The second kappa shape index (κ2) is 6.35. The lowest BCUT2D eigenvalue weighted by atomic mass is 9.95. The first kappa shape index (κ1) is 17.0. The maximum atomic E-state index is 12.7. The SMILES string of the molecule is CCOc1cc(C2c3c(-c4ccccc4O)n[nH]c3C(=O)N2C)ccc1O. The first-order chi connectivity index (χ1) is 13.0. The zero-order valence-corrected chi connectivity index (χ0v) is 14.9. The van der Waals surface area contributed by atoms with Crippen molar-refractivity contribution in [2.45, 2.75) is 13.0 Å². The molecule has 0 fully saturated rings. The highest BCUT2D eigenvalue weighted by molar-refractivity contribution is 6.00. The molecule has 1 unspecified atom stereocenters. The van der Waals surface area contributed by atoms with Crippen LogP contribution in [0.3, 0.4) is 0 Å². The molecule has 0 aliphatic carbocycles. The average molecular weight is 365 g/mol. The Kier molecular flexibility index (Phi) is 3.99. The minimum absolute atomic E-state index is 0.0425. The summed E-state index contributed by atoms with van der Waals surface area (Å²) in [7, 11) is 1.71. The molecule has 0 saturated carbocycles. The van der Waals surface area contributed by atoms with Gasteiger partial charge >= 0.3 is 0 Å². The molecule has 1 atom stereocenters. The first-order valence-corrected chi connectivity index (χ1v) is 8.62. The van der Waals surface area contributed by atoms with Crippen molar-refractivity contribution in [3.05, 3.63) is 59.3 Å². The number of hydrogen-bond donors (Lipinski definition) is 3. The van der Waals surface area contributed by atoms with Crippen LogP contribution < -0.4 is 4.74 Å². The number of amides is 1. The number of para-hydroxylation sites is 1. The Morgan fingerprint density at radius 3 is 2.70 bits per heavy atom. The Hall–Kier alpha value is -3.48. The van der Waals surface area contributed by atoms with E-state index in [1.165, 1.54) is 0 Å². The number of phenolic OH excluding ortho intramolecular Hbond substituents is 2. The zero-order valence-electron chi connectivity index (χ0n) is 14.9. The topological polar surface area (TPSA) is 98.7 Å². The van der Waals surface area contributed by atoms with Gasteiger partial charge in [-0.25, -0.2) is 0 Å². The molecular formula is C20H19N3O4. The number of rotatable bonds is 4. The first-order valence-electron chi connectivity index (χ1n) is 8.62. The number of hydrogen-bond acceptors (Lipinski definition) is 5. The number of aromatic amines is 1. The van der Waals surface area contributed by atoms with Crippen LogP contribution in [0.2, 0.25) is 0 Å². The van der Waals surface area contributed by atoms with Crippen molar-refractivity contribution in [2.24, 2.45) is 0 Å². The second-order valence-electron chi connectivity index (χ2n) is 6.36. The number of carbonyl (C=O) groups excluding carboxylic acids is 1. The van der Waals surface area contributed by atoms with E-state index in [1.54, 1.807) is 54.4 Å². The van der Waals surface area contributed by atoms with Crippen molar-refractivity contribution in [1.82, 2.24) is 15.1 Å². The van der Waals surface area contributed by atoms with Gasteiger partial charge in [0.05, 0.1) is 12.6 Å². The molecule has 4 rings (SSSR count). The molecule has 7 heteroatoms. The van der Waals surface area contributed by atoms with E-state index >= 15 is 0 Å². The van der Waals surface area contributed by atoms with E-state index in [9.17, 15) is 15.0 Å². The molecule has 1 aromatic heterocycles.